The molecule has 1 aromatic carbocycles. The summed E-state index contributed by atoms with van der Waals surface area (Å²) in [6.07, 6.45) is 0. The molecule has 2 N–H and O–H groups in total. The van der Waals surface area contributed by atoms with Gasteiger partial charge in [-0.05, 0) is 19.5 Å². The van der Waals surface area contributed by atoms with Crippen LogP contribution in [0.5, 0.6) is 11.5 Å². The third-order valence-corrected chi connectivity index (χ3v) is 2.91. The summed E-state index contributed by atoms with van der Waals surface area (Å²) in [5.74, 6) is -0.632. The zero-order chi connectivity index (χ0) is 16.0. The van der Waals surface area contributed by atoms with Crippen LogP contribution in [0.2, 0.25) is 0 Å². The van der Waals surface area contributed by atoms with E-state index in [0.717, 1.165) is 0 Å². The van der Waals surface area contributed by atoms with Gasteiger partial charge in [0.2, 0.25) is 0 Å². The lowest BCUT2D eigenvalue weighted by molar-refractivity contribution is -0.385. The van der Waals surface area contributed by atoms with Crippen molar-refractivity contribution in [2.75, 3.05) is 20.3 Å². The van der Waals surface area contributed by atoms with Gasteiger partial charge >= 0.3 is 5.97 Å². The highest BCUT2D eigenvalue weighted by atomic mass is 16.6. The average Bonchev–Trinajstić information content (AvgIpc) is 2.44. The molecule has 0 saturated heterocycles. The van der Waals surface area contributed by atoms with E-state index in [-0.39, 0.29) is 23.8 Å². The standard InChI is InChI=1S/C13H18N2O6/c1-4-14-13(2,12(16)17)8-21-10-6-5-9(15(18)19)7-11(10)20-3/h5-7,14H,4,8H2,1-3H3,(H,16,17). The molecule has 0 bridgehead atoms. The number of carboxylic acid groups (broad SMARTS) is 1. The number of hydrogen-bond donors (Lipinski definition) is 2. The average molecular weight is 298 g/mol. The van der Waals surface area contributed by atoms with Crippen molar-refractivity contribution in [3.8, 4) is 11.5 Å². The van der Waals surface area contributed by atoms with Crippen LogP contribution in [0.25, 0.3) is 0 Å². The molecule has 0 spiro atoms. The number of rotatable bonds is 8. The van der Waals surface area contributed by atoms with E-state index in [0.29, 0.717) is 6.54 Å². The number of nitro benzene ring substituents is 1. The maximum absolute atomic E-state index is 11.3. The van der Waals surface area contributed by atoms with Crippen LogP contribution in [0.4, 0.5) is 5.69 Å². The van der Waals surface area contributed by atoms with Gasteiger partial charge in [0.05, 0.1) is 18.1 Å². The third kappa shape index (κ3) is 4.06. The Labute approximate surface area is 121 Å². The Morgan fingerprint density at radius 2 is 2.14 bits per heavy atom. The lowest BCUT2D eigenvalue weighted by Gasteiger charge is -2.26. The minimum absolute atomic E-state index is 0.133. The van der Waals surface area contributed by atoms with Crippen LogP contribution in [0.3, 0.4) is 0 Å². The first-order chi connectivity index (χ1) is 9.84. The summed E-state index contributed by atoms with van der Waals surface area (Å²) >= 11 is 0. The number of likely N-dealkylation sites (N-methyl/N-ethyl adjacent to an activating group) is 1. The van der Waals surface area contributed by atoms with Crippen molar-refractivity contribution in [2.24, 2.45) is 0 Å². The molecule has 0 amide bonds. The van der Waals surface area contributed by atoms with Crippen molar-refractivity contribution in [2.45, 2.75) is 19.4 Å². The summed E-state index contributed by atoms with van der Waals surface area (Å²) < 4.78 is 10.5. The van der Waals surface area contributed by atoms with Crippen LogP contribution in [-0.4, -0.2) is 41.8 Å². The second-order valence-corrected chi connectivity index (χ2v) is 4.55. The van der Waals surface area contributed by atoms with Crippen LogP contribution < -0.4 is 14.8 Å². The molecule has 8 nitrogen and oxygen atoms in total. The van der Waals surface area contributed by atoms with Gasteiger partial charge in [-0.3, -0.25) is 20.2 Å². The third-order valence-electron chi connectivity index (χ3n) is 2.91. The summed E-state index contributed by atoms with van der Waals surface area (Å²) in [6, 6.07) is 3.87. The maximum Gasteiger partial charge on any atom is 0.327 e. The highest BCUT2D eigenvalue weighted by molar-refractivity contribution is 5.78. The van der Waals surface area contributed by atoms with Gasteiger partial charge in [0.15, 0.2) is 11.5 Å². The smallest absolute Gasteiger partial charge is 0.327 e. The van der Waals surface area contributed by atoms with E-state index >= 15 is 0 Å². The largest absolute Gasteiger partial charge is 0.493 e. The van der Waals surface area contributed by atoms with Crippen LogP contribution in [-0.2, 0) is 4.79 Å². The second kappa shape index (κ2) is 6.89. The van der Waals surface area contributed by atoms with E-state index in [9.17, 15) is 20.0 Å². The number of nitrogens with one attached hydrogen (secondary N) is 1. The van der Waals surface area contributed by atoms with Gasteiger partial charge in [-0.2, -0.15) is 0 Å². The Hall–Kier alpha value is -2.35. The molecule has 0 radical (unpaired) electrons. The van der Waals surface area contributed by atoms with E-state index in [1.807, 2.05) is 0 Å². The Balaban J connectivity index is 2.92. The van der Waals surface area contributed by atoms with Crippen molar-refractivity contribution < 1.29 is 24.3 Å². The molecule has 0 aromatic heterocycles. The normalized spacial score (nSPS) is 13.3. The Morgan fingerprint density at radius 3 is 2.62 bits per heavy atom. The molecule has 0 heterocycles. The van der Waals surface area contributed by atoms with E-state index < -0.39 is 16.4 Å². The van der Waals surface area contributed by atoms with Gasteiger partial charge in [-0.15, -0.1) is 0 Å². The number of aliphatic carboxylic acids is 1. The number of nitrogens with zero attached hydrogens (tertiary/aromatic N) is 1. The van der Waals surface area contributed by atoms with Crippen LogP contribution >= 0.6 is 0 Å². The van der Waals surface area contributed by atoms with Crippen molar-refractivity contribution in [3.63, 3.8) is 0 Å². The lowest BCUT2D eigenvalue weighted by Crippen LogP contribution is -2.53. The first-order valence-corrected chi connectivity index (χ1v) is 6.27. The first-order valence-electron chi connectivity index (χ1n) is 6.27. The van der Waals surface area contributed by atoms with Crippen molar-refractivity contribution in [1.82, 2.24) is 5.32 Å². The van der Waals surface area contributed by atoms with Gasteiger partial charge in [0.1, 0.15) is 12.1 Å². The SMILES string of the molecule is CCNC(C)(COc1ccc([N+](=O)[O-])cc1OC)C(=O)O. The minimum Gasteiger partial charge on any atom is -0.493 e. The molecule has 0 aliphatic rings. The highest BCUT2D eigenvalue weighted by Crippen LogP contribution is 2.31. The molecule has 0 aliphatic carbocycles. The zero-order valence-electron chi connectivity index (χ0n) is 12.1. The predicted molar refractivity (Wildman–Crippen MR) is 74.9 cm³/mol. The van der Waals surface area contributed by atoms with Crippen LogP contribution in [0.1, 0.15) is 13.8 Å². The Bertz CT molecular complexity index is 533. The zero-order valence-corrected chi connectivity index (χ0v) is 12.1. The summed E-state index contributed by atoms with van der Waals surface area (Å²) in [4.78, 5) is 21.4. The summed E-state index contributed by atoms with van der Waals surface area (Å²) in [6.45, 7) is 3.60. The van der Waals surface area contributed by atoms with Crippen molar-refractivity contribution >= 4 is 11.7 Å². The topological polar surface area (TPSA) is 111 Å². The predicted octanol–water partition coefficient (Wildman–Crippen LogP) is 1.44. The molecule has 1 unspecified atom stereocenters. The molecule has 0 saturated carbocycles. The first kappa shape index (κ1) is 16.7. The number of non-ortho nitro benzene ring substituents is 1. The summed E-state index contributed by atoms with van der Waals surface area (Å²) in [5, 5.41) is 22.7. The molecule has 0 aliphatic heterocycles. The van der Waals surface area contributed by atoms with E-state index in [1.165, 1.54) is 32.2 Å². The Morgan fingerprint density at radius 1 is 1.48 bits per heavy atom. The van der Waals surface area contributed by atoms with E-state index in [2.05, 4.69) is 5.32 Å². The lowest BCUT2D eigenvalue weighted by atomic mass is 10.0. The van der Waals surface area contributed by atoms with E-state index in [4.69, 9.17) is 9.47 Å². The van der Waals surface area contributed by atoms with Gasteiger partial charge in [-0.1, -0.05) is 6.92 Å². The number of methoxy groups -OCH3 is 1. The minimum atomic E-state index is -1.26. The van der Waals surface area contributed by atoms with Crippen molar-refractivity contribution in [3.05, 3.63) is 28.3 Å². The monoisotopic (exact) mass is 298 g/mol. The van der Waals surface area contributed by atoms with E-state index in [1.54, 1.807) is 6.92 Å². The summed E-state index contributed by atoms with van der Waals surface area (Å²) in [7, 11) is 1.35. The number of nitro groups is 1. The molecule has 21 heavy (non-hydrogen) atoms. The second-order valence-electron chi connectivity index (χ2n) is 4.55. The molecule has 1 atom stereocenters. The molecule has 8 heteroatoms. The number of carbonyl (C=O) groups is 1. The number of carboxylic acids is 1. The Kier molecular flexibility index (Phi) is 5.48. The van der Waals surface area contributed by atoms with Crippen LogP contribution in [0.15, 0.2) is 18.2 Å². The van der Waals surface area contributed by atoms with Crippen LogP contribution in [0, 0.1) is 10.1 Å². The number of hydrogen-bond acceptors (Lipinski definition) is 6. The molecule has 1 rings (SSSR count). The fourth-order valence-corrected chi connectivity index (χ4v) is 1.69. The van der Waals surface area contributed by atoms with Gasteiger partial charge < -0.3 is 14.6 Å². The fourth-order valence-electron chi connectivity index (χ4n) is 1.69. The summed E-state index contributed by atoms with van der Waals surface area (Å²) in [5.41, 5.74) is -1.39. The van der Waals surface area contributed by atoms with Gasteiger partial charge in [0.25, 0.3) is 5.69 Å². The molecule has 1 aromatic rings. The molecule has 116 valence electrons. The highest BCUT2D eigenvalue weighted by Gasteiger charge is 2.33. The fraction of sp³-hybridized carbons (Fsp3) is 0.462. The number of ether oxygens (including phenoxy) is 2. The quantitative estimate of drug-likeness (QED) is 0.551. The molecular formula is C13H18N2O6. The number of benzene rings is 1. The van der Waals surface area contributed by atoms with Crippen molar-refractivity contribution in [1.29, 1.82) is 0 Å². The molecular weight excluding hydrogens is 280 g/mol. The molecule has 0 fully saturated rings. The van der Waals surface area contributed by atoms with Gasteiger partial charge in [0, 0.05) is 6.07 Å². The van der Waals surface area contributed by atoms with Gasteiger partial charge in [-0.25, -0.2) is 0 Å². The maximum atomic E-state index is 11.3.